The topological polar surface area (TPSA) is 26.3 Å². The molecule has 0 atom stereocenters. The van der Waals surface area contributed by atoms with Crippen molar-refractivity contribution in [2.45, 2.75) is 6.92 Å². The number of hydrogen-bond acceptors (Lipinski definition) is 3. The van der Waals surface area contributed by atoms with Gasteiger partial charge in [-0.2, -0.15) is 0 Å². The predicted octanol–water partition coefficient (Wildman–Crippen LogP) is 0.943. The Morgan fingerprint density at radius 1 is 1.86 bits per heavy atom. The first-order valence-corrected chi connectivity index (χ1v) is 2.95. The standard InChI is InChI=1S/C4H6O2S/c1-4(7-2)6-3-5/h1-2H3. The molecule has 2 radical (unpaired) electrons. The fourth-order valence-corrected chi connectivity index (χ4v) is 0.218. The number of ether oxygens (including phenoxy) is 1. The van der Waals surface area contributed by atoms with Crippen LogP contribution in [0, 0.1) is 5.44 Å². The van der Waals surface area contributed by atoms with Crippen LogP contribution in [0.4, 0.5) is 0 Å². The van der Waals surface area contributed by atoms with Gasteiger partial charge in [-0.3, -0.25) is 0 Å². The normalized spacial score (nSPS) is 9.00. The highest BCUT2D eigenvalue weighted by Gasteiger charge is 1.96. The van der Waals surface area contributed by atoms with Crippen molar-refractivity contribution in [3.05, 3.63) is 5.44 Å². The van der Waals surface area contributed by atoms with Gasteiger partial charge < -0.3 is 4.74 Å². The molecule has 0 bridgehead atoms. The van der Waals surface area contributed by atoms with Crippen molar-refractivity contribution < 1.29 is 9.53 Å². The predicted molar refractivity (Wildman–Crippen MR) is 29.2 cm³/mol. The summed E-state index contributed by atoms with van der Waals surface area (Å²) in [6.07, 6.45) is 1.83. The lowest BCUT2D eigenvalue weighted by Gasteiger charge is -1.98. The second-order valence-electron chi connectivity index (χ2n) is 0.881. The Kier molecular flexibility index (Phi) is 3.89. The Labute approximate surface area is 47.2 Å². The van der Waals surface area contributed by atoms with Crippen LogP contribution >= 0.6 is 11.8 Å². The molecule has 7 heavy (non-hydrogen) atoms. The third-order valence-corrected chi connectivity index (χ3v) is 1.13. The lowest BCUT2D eigenvalue weighted by atomic mass is 10.9. The minimum Gasteiger partial charge on any atom is -0.435 e. The summed E-state index contributed by atoms with van der Waals surface area (Å²) in [6, 6.07) is 0. The SMILES string of the molecule is CS[C](C)O[C]=O. The van der Waals surface area contributed by atoms with Gasteiger partial charge in [-0.1, -0.05) is 0 Å². The highest BCUT2D eigenvalue weighted by atomic mass is 32.2. The fraction of sp³-hybridized carbons (Fsp3) is 0.500. The van der Waals surface area contributed by atoms with Crippen LogP contribution < -0.4 is 0 Å². The summed E-state index contributed by atoms with van der Waals surface area (Å²) in [5.74, 6) is 0. The molecule has 0 aromatic heterocycles. The molecule has 3 heteroatoms. The molecular formula is C4H6O2S. The van der Waals surface area contributed by atoms with Crippen molar-refractivity contribution in [2.24, 2.45) is 0 Å². The van der Waals surface area contributed by atoms with Crippen LogP contribution in [0.5, 0.6) is 0 Å². The third-order valence-electron chi connectivity index (χ3n) is 0.473. The minimum absolute atomic E-state index is 0.620. The Hall–Kier alpha value is -0.180. The van der Waals surface area contributed by atoms with Crippen LogP contribution in [-0.4, -0.2) is 12.7 Å². The van der Waals surface area contributed by atoms with Crippen LogP contribution in [-0.2, 0) is 9.53 Å². The van der Waals surface area contributed by atoms with E-state index in [0.717, 1.165) is 0 Å². The van der Waals surface area contributed by atoms with Crippen molar-refractivity contribution in [1.29, 1.82) is 0 Å². The first-order valence-electron chi connectivity index (χ1n) is 1.72. The summed E-state index contributed by atoms with van der Waals surface area (Å²) in [7, 11) is 0. The molecule has 0 aliphatic rings. The van der Waals surface area contributed by atoms with Gasteiger partial charge in [-0.15, -0.1) is 11.8 Å². The average molecular weight is 118 g/mol. The van der Waals surface area contributed by atoms with E-state index in [1.165, 1.54) is 18.2 Å². The first kappa shape index (κ1) is 6.82. The van der Waals surface area contributed by atoms with Gasteiger partial charge in [0.05, 0.1) is 0 Å². The van der Waals surface area contributed by atoms with E-state index in [2.05, 4.69) is 4.74 Å². The Morgan fingerprint density at radius 3 is 2.57 bits per heavy atom. The first-order chi connectivity index (χ1) is 3.31. The summed E-state index contributed by atoms with van der Waals surface area (Å²) >= 11 is 1.38. The van der Waals surface area contributed by atoms with Gasteiger partial charge in [-0.05, 0) is 13.2 Å². The largest absolute Gasteiger partial charge is 0.435 e. The van der Waals surface area contributed by atoms with Gasteiger partial charge >= 0.3 is 6.47 Å². The molecule has 0 aliphatic carbocycles. The zero-order chi connectivity index (χ0) is 5.70. The maximum Gasteiger partial charge on any atom is 0.419 e. The monoisotopic (exact) mass is 118 g/mol. The number of carbonyl (C=O) groups excluding carboxylic acids is 1. The van der Waals surface area contributed by atoms with Crippen molar-refractivity contribution in [3.63, 3.8) is 0 Å². The molecule has 0 saturated carbocycles. The maximum absolute atomic E-state index is 9.39. The van der Waals surface area contributed by atoms with E-state index in [-0.39, 0.29) is 0 Å². The second kappa shape index (κ2) is 3.99. The van der Waals surface area contributed by atoms with E-state index in [9.17, 15) is 4.79 Å². The van der Waals surface area contributed by atoms with E-state index >= 15 is 0 Å². The molecule has 0 unspecified atom stereocenters. The van der Waals surface area contributed by atoms with Crippen LogP contribution in [0.25, 0.3) is 0 Å². The van der Waals surface area contributed by atoms with Gasteiger partial charge in [0.2, 0.25) is 5.44 Å². The van der Waals surface area contributed by atoms with E-state index < -0.39 is 0 Å². The molecular weight excluding hydrogens is 112 g/mol. The fourth-order valence-electron chi connectivity index (χ4n) is 0.100. The zero-order valence-electron chi connectivity index (χ0n) is 4.22. The summed E-state index contributed by atoms with van der Waals surface area (Å²) in [4.78, 5) is 9.39. The van der Waals surface area contributed by atoms with Crippen molar-refractivity contribution in [3.8, 4) is 0 Å². The maximum atomic E-state index is 9.39. The molecule has 0 amide bonds. The molecule has 0 N–H and O–H groups in total. The number of thioether (sulfide) groups is 1. The molecule has 0 saturated heterocycles. The lowest BCUT2D eigenvalue weighted by molar-refractivity contribution is 0.340. The third kappa shape index (κ3) is 3.66. The van der Waals surface area contributed by atoms with Crippen molar-refractivity contribution in [1.82, 2.24) is 0 Å². The van der Waals surface area contributed by atoms with E-state index in [1.54, 1.807) is 6.92 Å². The van der Waals surface area contributed by atoms with E-state index in [4.69, 9.17) is 0 Å². The Bertz CT molecular complexity index is 55.7. The molecule has 0 aromatic rings. The van der Waals surface area contributed by atoms with Crippen LogP contribution in [0.3, 0.4) is 0 Å². The van der Waals surface area contributed by atoms with Crippen molar-refractivity contribution >= 4 is 18.2 Å². The number of rotatable bonds is 3. The summed E-state index contributed by atoms with van der Waals surface area (Å²) < 4.78 is 4.27. The van der Waals surface area contributed by atoms with Gasteiger partial charge in [0, 0.05) is 0 Å². The molecule has 0 heterocycles. The average Bonchev–Trinajstić information content (AvgIpc) is 1.68. The molecule has 40 valence electrons. The van der Waals surface area contributed by atoms with Crippen LogP contribution in [0.2, 0.25) is 0 Å². The smallest absolute Gasteiger partial charge is 0.419 e. The van der Waals surface area contributed by atoms with E-state index in [0.29, 0.717) is 5.44 Å². The van der Waals surface area contributed by atoms with Crippen molar-refractivity contribution in [2.75, 3.05) is 6.26 Å². The van der Waals surface area contributed by atoms with Gasteiger partial charge in [0.25, 0.3) is 0 Å². The van der Waals surface area contributed by atoms with Crippen LogP contribution in [0.15, 0.2) is 0 Å². The minimum atomic E-state index is 0.620. The summed E-state index contributed by atoms with van der Waals surface area (Å²) in [5.41, 5.74) is 0.620. The molecule has 0 aliphatic heterocycles. The second-order valence-corrected chi connectivity index (χ2v) is 1.86. The molecule has 0 spiro atoms. The summed E-state index contributed by atoms with van der Waals surface area (Å²) in [5, 5.41) is 0. The Morgan fingerprint density at radius 2 is 2.43 bits per heavy atom. The molecule has 0 fully saturated rings. The van der Waals surface area contributed by atoms with Gasteiger partial charge in [0.15, 0.2) is 0 Å². The molecule has 0 rings (SSSR count). The molecule has 2 nitrogen and oxygen atoms in total. The van der Waals surface area contributed by atoms with E-state index in [1.807, 2.05) is 6.26 Å². The Balaban J connectivity index is 2.98. The lowest BCUT2D eigenvalue weighted by Crippen LogP contribution is -1.88. The summed E-state index contributed by atoms with van der Waals surface area (Å²) in [6.45, 7) is 3.01. The number of hydrogen-bond donors (Lipinski definition) is 0. The highest BCUT2D eigenvalue weighted by Crippen LogP contribution is 2.12. The van der Waals surface area contributed by atoms with Gasteiger partial charge in [-0.25, -0.2) is 4.79 Å². The van der Waals surface area contributed by atoms with Gasteiger partial charge in [0.1, 0.15) is 0 Å². The highest BCUT2D eigenvalue weighted by molar-refractivity contribution is 8.01. The molecule has 0 aromatic carbocycles. The quantitative estimate of drug-likeness (QED) is 0.551. The zero-order valence-corrected chi connectivity index (χ0v) is 5.04. The van der Waals surface area contributed by atoms with Crippen LogP contribution in [0.1, 0.15) is 6.92 Å².